The standard InChI is InChI=1S/C26H37Cl3O2/c27-17-9-5-1-3-7-11-19-30-23-14-15-24-22(21-23)13-16-25(26(24)29)31-20-12-8-4-2-6-10-18-28/h13-16,21H,1-12,17-20H2. The zero-order valence-electron chi connectivity index (χ0n) is 18.7. The molecular formula is C26H37Cl3O2. The van der Waals surface area contributed by atoms with Crippen LogP contribution in [0.4, 0.5) is 0 Å². The fraction of sp³-hybridized carbons (Fsp3) is 0.615. The van der Waals surface area contributed by atoms with Gasteiger partial charge in [0, 0.05) is 17.1 Å². The van der Waals surface area contributed by atoms with E-state index in [9.17, 15) is 0 Å². The minimum Gasteiger partial charge on any atom is -0.494 e. The summed E-state index contributed by atoms with van der Waals surface area (Å²) >= 11 is 18.0. The summed E-state index contributed by atoms with van der Waals surface area (Å²) in [5.74, 6) is 3.21. The van der Waals surface area contributed by atoms with Crippen LogP contribution in [0.15, 0.2) is 30.3 Å². The molecule has 31 heavy (non-hydrogen) atoms. The predicted molar refractivity (Wildman–Crippen MR) is 137 cm³/mol. The Bertz CT molecular complexity index is 736. The molecule has 2 nitrogen and oxygen atoms in total. The molecule has 2 aromatic carbocycles. The van der Waals surface area contributed by atoms with Gasteiger partial charge in [-0.05, 0) is 55.3 Å². The Morgan fingerprint density at radius 3 is 1.74 bits per heavy atom. The average Bonchev–Trinajstić information content (AvgIpc) is 2.78. The van der Waals surface area contributed by atoms with E-state index in [1.807, 2.05) is 18.2 Å². The lowest BCUT2D eigenvalue weighted by Gasteiger charge is -2.12. The number of halogens is 3. The van der Waals surface area contributed by atoms with Crippen molar-refractivity contribution in [3.05, 3.63) is 35.4 Å². The van der Waals surface area contributed by atoms with Crippen LogP contribution < -0.4 is 9.47 Å². The van der Waals surface area contributed by atoms with Crippen LogP contribution in [0.3, 0.4) is 0 Å². The summed E-state index contributed by atoms with van der Waals surface area (Å²) in [6, 6.07) is 10.1. The normalized spacial score (nSPS) is 11.2. The molecule has 0 radical (unpaired) electrons. The molecule has 0 atom stereocenters. The third-order valence-electron chi connectivity index (χ3n) is 5.47. The lowest BCUT2D eigenvalue weighted by molar-refractivity contribution is 0.304. The second-order valence-electron chi connectivity index (χ2n) is 8.08. The largest absolute Gasteiger partial charge is 0.494 e. The van der Waals surface area contributed by atoms with Gasteiger partial charge in [0.05, 0.1) is 18.2 Å². The number of hydrogen-bond acceptors (Lipinski definition) is 2. The van der Waals surface area contributed by atoms with Gasteiger partial charge in [0.15, 0.2) is 0 Å². The van der Waals surface area contributed by atoms with Crippen LogP contribution in [0.5, 0.6) is 11.5 Å². The number of fused-ring (bicyclic) bond motifs is 1. The molecule has 0 heterocycles. The first kappa shape index (κ1) is 26.4. The van der Waals surface area contributed by atoms with Gasteiger partial charge in [-0.1, -0.05) is 69.0 Å². The van der Waals surface area contributed by atoms with E-state index in [2.05, 4.69) is 12.1 Å². The summed E-state index contributed by atoms with van der Waals surface area (Å²) in [5.41, 5.74) is 0. The SMILES string of the molecule is ClCCCCCCCCOc1ccc2c(Cl)c(OCCCCCCCCCl)ccc2c1. The molecule has 174 valence electrons. The highest BCUT2D eigenvalue weighted by Gasteiger charge is 2.08. The van der Waals surface area contributed by atoms with Crippen molar-refractivity contribution in [1.29, 1.82) is 0 Å². The van der Waals surface area contributed by atoms with Crippen molar-refractivity contribution in [2.45, 2.75) is 77.0 Å². The Kier molecular flexibility index (Phi) is 14.3. The average molecular weight is 488 g/mol. The maximum atomic E-state index is 6.60. The highest BCUT2D eigenvalue weighted by atomic mass is 35.5. The number of alkyl halides is 2. The van der Waals surface area contributed by atoms with E-state index >= 15 is 0 Å². The minimum absolute atomic E-state index is 0.683. The van der Waals surface area contributed by atoms with Gasteiger partial charge < -0.3 is 9.47 Å². The van der Waals surface area contributed by atoms with Gasteiger partial charge in [-0.15, -0.1) is 23.2 Å². The number of hydrogen-bond donors (Lipinski definition) is 0. The fourth-order valence-corrected chi connectivity index (χ4v) is 4.30. The second kappa shape index (κ2) is 16.8. The van der Waals surface area contributed by atoms with E-state index < -0.39 is 0 Å². The Labute approximate surface area is 203 Å². The summed E-state index contributed by atoms with van der Waals surface area (Å²) in [7, 11) is 0. The lowest BCUT2D eigenvalue weighted by atomic mass is 10.1. The van der Waals surface area contributed by atoms with Crippen molar-refractivity contribution in [1.82, 2.24) is 0 Å². The molecule has 0 spiro atoms. The molecular weight excluding hydrogens is 451 g/mol. The molecule has 0 saturated heterocycles. The van der Waals surface area contributed by atoms with E-state index in [0.717, 1.165) is 66.3 Å². The van der Waals surface area contributed by atoms with Gasteiger partial charge in [0.2, 0.25) is 0 Å². The number of rotatable bonds is 18. The van der Waals surface area contributed by atoms with Crippen LogP contribution in [0.25, 0.3) is 10.8 Å². The van der Waals surface area contributed by atoms with Crippen LogP contribution in [-0.4, -0.2) is 25.0 Å². The first-order valence-corrected chi connectivity index (χ1v) is 13.3. The van der Waals surface area contributed by atoms with E-state index in [1.165, 1.54) is 51.4 Å². The minimum atomic E-state index is 0.683. The molecule has 0 unspecified atom stereocenters. The highest BCUT2D eigenvalue weighted by molar-refractivity contribution is 6.37. The Hall–Kier alpha value is -0.830. The van der Waals surface area contributed by atoms with Crippen molar-refractivity contribution < 1.29 is 9.47 Å². The molecule has 0 N–H and O–H groups in total. The molecule has 0 aliphatic heterocycles. The third-order valence-corrected chi connectivity index (χ3v) is 6.40. The molecule has 2 rings (SSSR count). The van der Waals surface area contributed by atoms with Gasteiger partial charge in [-0.25, -0.2) is 0 Å². The summed E-state index contributed by atoms with van der Waals surface area (Å²) in [6.07, 6.45) is 14.2. The van der Waals surface area contributed by atoms with Crippen molar-refractivity contribution >= 4 is 45.6 Å². The summed E-state index contributed by atoms with van der Waals surface area (Å²) in [4.78, 5) is 0. The molecule has 0 fully saturated rings. The number of unbranched alkanes of at least 4 members (excludes halogenated alkanes) is 10. The van der Waals surface area contributed by atoms with Crippen LogP contribution >= 0.6 is 34.8 Å². The molecule has 0 aliphatic carbocycles. The monoisotopic (exact) mass is 486 g/mol. The zero-order valence-corrected chi connectivity index (χ0v) is 20.9. The van der Waals surface area contributed by atoms with Crippen LogP contribution in [0.1, 0.15) is 77.0 Å². The number of ether oxygens (including phenoxy) is 2. The topological polar surface area (TPSA) is 18.5 Å². The van der Waals surface area contributed by atoms with Gasteiger partial charge in [-0.3, -0.25) is 0 Å². The van der Waals surface area contributed by atoms with Crippen LogP contribution in [0.2, 0.25) is 5.02 Å². The molecule has 0 saturated carbocycles. The van der Waals surface area contributed by atoms with Crippen LogP contribution in [0, 0.1) is 0 Å². The zero-order chi connectivity index (χ0) is 22.2. The van der Waals surface area contributed by atoms with Crippen molar-refractivity contribution in [2.75, 3.05) is 25.0 Å². The first-order chi connectivity index (χ1) is 15.3. The van der Waals surface area contributed by atoms with Gasteiger partial charge in [0.25, 0.3) is 0 Å². The van der Waals surface area contributed by atoms with E-state index in [1.54, 1.807) is 0 Å². The Morgan fingerprint density at radius 2 is 1.13 bits per heavy atom. The van der Waals surface area contributed by atoms with Crippen molar-refractivity contribution in [3.63, 3.8) is 0 Å². The fourth-order valence-electron chi connectivity index (χ4n) is 3.63. The quantitative estimate of drug-likeness (QED) is 0.154. The number of benzene rings is 2. The molecule has 0 aliphatic rings. The van der Waals surface area contributed by atoms with Gasteiger partial charge >= 0.3 is 0 Å². The first-order valence-electron chi connectivity index (χ1n) is 11.9. The molecule has 0 amide bonds. The summed E-state index contributed by atoms with van der Waals surface area (Å²) in [5, 5.41) is 2.77. The van der Waals surface area contributed by atoms with Crippen molar-refractivity contribution in [2.24, 2.45) is 0 Å². The third kappa shape index (κ3) is 10.6. The van der Waals surface area contributed by atoms with E-state index in [4.69, 9.17) is 44.3 Å². The second-order valence-corrected chi connectivity index (χ2v) is 9.21. The van der Waals surface area contributed by atoms with Gasteiger partial charge in [-0.2, -0.15) is 0 Å². The Morgan fingerprint density at radius 1 is 0.581 bits per heavy atom. The molecule has 0 aromatic heterocycles. The smallest absolute Gasteiger partial charge is 0.138 e. The molecule has 2 aromatic rings. The maximum absolute atomic E-state index is 6.60. The maximum Gasteiger partial charge on any atom is 0.138 e. The van der Waals surface area contributed by atoms with E-state index in [-0.39, 0.29) is 0 Å². The highest BCUT2D eigenvalue weighted by Crippen LogP contribution is 2.34. The Balaban J connectivity index is 1.71. The van der Waals surface area contributed by atoms with Crippen LogP contribution in [-0.2, 0) is 0 Å². The van der Waals surface area contributed by atoms with Gasteiger partial charge in [0.1, 0.15) is 11.5 Å². The summed E-state index contributed by atoms with van der Waals surface area (Å²) in [6.45, 7) is 1.45. The van der Waals surface area contributed by atoms with Crippen molar-refractivity contribution in [3.8, 4) is 11.5 Å². The summed E-state index contributed by atoms with van der Waals surface area (Å²) < 4.78 is 11.9. The predicted octanol–water partition coefficient (Wildman–Crippen LogP) is 9.41. The molecule has 0 bridgehead atoms. The molecule has 5 heteroatoms. The lowest BCUT2D eigenvalue weighted by Crippen LogP contribution is -1.99. The van der Waals surface area contributed by atoms with E-state index in [0.29, 0.717) is 11.6 Å².